The molecule has 0 fully saturated rings. The lowest BCUT2D eigenvalue weighted by atomic mass is 10.3. The van der Waals surface area contributed by atoms with E-state index in [2.05, 4.69) is 15.0 Å². The Morgan fingerprint density at radius 1 is 1.23 bits per heavy atom. The quantitative estimate of drug-likeness (QED) is 0.772. The average molecular weight is 192 g/mol. The smallest absolute Gasteiger partial charge is 0.115 e. The van der Waals surface area contributed by atoms with Gasteiger partial charge in [0, 0.05) is 30.7 Å². The van der Waals surface area contributed by atoms with Gasteiger partial charge in [0.2, 0.25) is 0 Å². The lowest BCUT2D eigenvalue weighted by Gasteiger charge is -1.91. The van der Waals surface area contributed by atoms with Gasteiger partial charge in [-0.15, -0.1) is 11.3 Å². The van der Waals surface area contributed by atoms with Crippen LogP contribution in [0.5, 0.6) is 0 Å². The summed E-state index contributed by atoms with van der Waals surface area (Å²) in [6.07, 6.45) is 6.83. The molecule has 4 nitrogen and oxygen atoms in total. The van der Waals surface area contributed by atoms with E-state index in [1.54, 1.807) is 29.9 Å². The zero-order valence-corrected chi connectivity index (χ0v) is 7.66. The largest absolute Gasteiger partial charge is 0.325 e. The molecule has 5 heteroatoms. The van der Waals surface area contributed by atoms with Crippen molar-refractivity contribution in [2.45, 2.75) is 6.54 Å². The Morgan fingerprint density at radius 3 is 2.62 bits per heavy atom. The van der Waals surface area contributed by atoms with Gasteiger partial charge >= 0.3 is 0 Å². The van der Waals surface area contributed by atoms with Gasteiger partial charge in [-0.05, 0) is 0 Å². The fourth-order valence-electron chi connectivity index (χ4n) is 0.964. The monoisotopic (exact) mass is 192 g/mol. The van der Waals surface area contributed by atoms with E-state index in [-0.39, 0.29) is 0 Å². The molecule has 0 aromatic carbocycles. The van der Waals surface area contributed by atoms with Crippen molar-refractivity contribution in [1.82, 2.24) is 15.0 Å². The van der Waals surface area contributed by atoms with E-state index in [4.69, 9.17) is 5.73 Å². The Labute approximate surface area is 79.5 Å². The first kappa shape index (κ1) is 8.28. The Morgan fingerprint density at radius 2 is 2.00 bits per heavy atom. The van der Waals surface area contributed by atoms with Crippen LogP contribution in [0.15, 0.2) is 24.9 Å². The highest BCUT2D eigenvalue weighted by Crippen LogP contribution is 2.23. The van der Waals surface area contributed by atoms with Crippen LogP contribution in [0.2, 0.25) is 0 Å². The molecule has 0 radical (unpaired) electrons. The van der Waals surface area contributed by atoms with Crippen LogP contribution >= 0.6 is 11.3 Å². The Kier molecular flexibility index (Phi) is 2.29. The summed E-state index contributed by atoms with van der Waals surface area (Å²) in [6.45, 7) is 0.484. The van der Waals surface area contributed by atoms with Gasteiger partial charge in [-0.3, -0.25) is 0 Å². The van der Waals surface area contributed by atoms with Crippen LogP contribution in [-0.2, 0) is 6.54 Å². The summed E-state index contributed by atoms with van der Waals surface area (Å²) in [6, 6.07) is 0. The molecule has 2 heterocycles. The summed E-state index contributed by atoms with van der Waals surface area (Å²) in [5.74, 6) is 0. The first-order valence-corrected chi connectivity index (χ1v) is 4.62. The van der Waals surface area contributed by atoms with E-state index in [1.807, 2.05) is 0 Å². The summed E-state index contributed by atoms with van der Waals surface area (Å²) in [5, 5.41) is 0.929. The van der Waals surface area contributed by atoms with Crippen LogP contribution in [0.4, 0.5) is 0 Å². The molecule has 0 aliphatic heterocycles. The van der Waals surface area contributed by atoms with E-state index in [0.29, 0.717) is 6.54 Å². The van der Waals surface area contributed by atoms with Gasteiger partial charge in [0.1, 0.15) is 11.3 Å². The second-order valence-corrected chi connectivity index (χ2v) is 3.56. The van der Waals surface area contributed by atoms with Gasteiger partial charge in [0.15, 0.2) is 0 Å². The van der Waals surface area contributed by atoms with Gasteiger partial charge in [0.25, 0.3) is 0 Å². The maximum atomic E-state index is 5.46. The average Bonchev–Trinajstić information content (AvgIpc) is 2.67. The van der Waals surface area contributed by atoms with Gasteiger partial charge in [-0.25, -0.2) is 15.0 Å². The maximum absolute atomic E-state index is 5.46. The van der Waals surface area contributed by atoms with Crippen molar-refractivity contribution in [2.24, 2.45) is 5.73 Å². The predicted octanol–water partition coefficient (Wildman–Crippen LogP) is 1.06. The van der Waals surface area contributed by atoms with Crippen LogP contribution in [0.1, 0.15) is 5.01 Å². The zero-order valence-electron chi connectivity index (χ0n) is 6.84. The summed E-state index contributed by atoms with van der Waals surface area (Å²) >= 11 is 1.57. The highest BCUT2D eigenvalue weighted by atomic mass is 32.1. The van der Waals surface area contributed by atoms with Gasteiger partial charge < -0.3 is 5.73 Å². The molecule has 2 aromatic heterocycles. The molecule has 0 spiro atoms. The highest BCUT2D eigenvalue weighted by molar-refractivity contribution is 7.15. The summed E-state index contributed by atoms with van der Waals surface area (Å²) in [7, 11) is 0. The number of nitrogens with two attached hydrogens (primary N) is 1. The molecule has 2 aromatic rings. The minimum Gasteiger partial charge on any atom is -0.325 e. The number of thiazole rings is 1. The highest BCUT2D eigenvalue weighted by Gasteiger charge is 2.02. The second kappa shape index (κ2) is 3.59. The molecule has 0 amide bonds. The zero-order chi connectivity index (χ0) is 9.10. The third-order valence-corrected chi connectivity index (χ3v) is 2.64. The predicted molar refractivity (Wildman–Crippen MR) is 51.0 cm³/mol. The lowest BCUT2D eigenvalue weighted by molar-refractivity contribution is 1.04. The van der Waals surface area contributed by atoms with E-state index >= 15 is 0 Å². The normalized spacial score (nSPS) is 10.2. The maximum Gasteiger partial charge on any atom is 0.115 e. The van der Waals surface area contributed by atoms with Crippen molar-refractivity contribution < 1.29 is 0 Å². The van der Waals surface area contributed by atoms with E-state index in [9.17, 15) is 0 Å². The molecule has 0 saturated carbocycles. The third-order valence-electron chi connectivity index (χ3n) is 1.57. The van der Waals surface area contributed by atoms with Crippen molar-refractivity contribution in [2.75, 3.05) is 0 Å². The molecular weight excluding hydrogens is 184 g/mol. The molecule has 13 heavy (non-hydrogen) atoms. The van der Waals surface area contributed by atoms with Crippen molar-refractivity contribution in [3.05, 3.63) is 29.9 Å². The van der Waals surface area contributed by atoms with Crippen LogP contribution < -0.4 is 5.73 Å². The van der Waals surface area contributed by atoms with E-state index < -0.39 is 0 Å². The minimum atomic E-state index is 0.484. The molecule has 0 atom stereocenters. The fourth-order valence-corrected chi connectivity index (χ4v) is 1.74. The Hall–Kier alpha value is -1.33. The van der Waals surface area contributed by atoms with Crippen LogP contribution in [0, 0.1) is 0 Å². The molecular formula is C8H8N4S. The van der Waals surface area contributed by atoms with Crippen molar-refractivity contribution in [1.29, 1.82) is 0 Å². The summed E-state index contributed by atoms with van der Waals surface area (Å²) in [4.78, 5) is 13.1. The molecule has 0 bridgehead atoms. The standard InChI is InChI=1S/C8H8N4S/c9-1-8-12-4-7(13-8)6-2-10-5-11-3-6/h2-5H,1,9H2. The van der Waals surface area contributed by atoms with Gasteiger partial charge in [0.05, 0.1) is 4.88 Å². The second-order valence-electron chi connectivity index (χ2n) is 2.45. The SMILES string of the molecule is NCc1ncc(-c2cncnc2)s1. The number of rotatable bonds is 2. The summed E-state index contributed by atoms with van der Waals surface area (Å²) < 4.78 is 0. The van der Waals surface area contributed by atoms with Crippen LogP contribution in [0.25, 0.3) is 10.4 Å². The lowest BCUT2D eigenvalue weighted by Crippen LogP contribution is -1.93. The van der Waals surface area contributed by atoms with Gasteiger partial charge in [-0.2, -0.15) is 0 Å². The number of hydrogen-bond donors (Lipinski definition) is 1. The van der Waals surface area contributed by atoms with Crippen molar-refractivity contribution in [3.8, 4) is 10.4 Å². The van der Waals surface area contributed by atoms with Crippen LogP contribution in [0.3, 0.4) is 0 Å². The first-order chi connectivity index (χ1) is 6.40. The molecule has 0 aliphatic rings. The van der Waals surface area contributed by atoms with Crippen molar-refractivity contribution >= 4 is 11.3 Å². The molecule has 2 N–H and O–H groups in total. The molecule has 66 valence electrons. The molecule has 0 unspecified atom stereocenters. The topological polar surface area (TPSA) is 64.7 Å². The number of hydrogen-bond acceptors (Lipinski definition) is 5. The van der Waals surface area contributed by atoms with Crippen LogP contribution in [-0.4, -0.2) is 15.0 Å². The van der Waals surface area contributed by atoms with E-state index in [0.717, 1.165) is 15.4 Å². The Balaban J connectivity index is 2.36. The van der Waals surface area contributed by atoms with Gasteiger partial charge in [-0.1, -0.05) is 0 Å². The minimum absolute atomic E-state index is 0.484. The first-order valence-electron chi connectivity index (χ1n) is 3.80. The third kappa shape index (κ3) is 1.71. The Bertz CT molecular complexity index is 384. The van der Waals surface area contributed by atoms with E-state index in [1.165, 1.54) is 6.33 Å². The molecule has 0 aliphatic carbocycles. The number of nitrogens with zero attached hydrogens (tertiary/aromatic N) is 3. The van der Waals surface area contributed by atoms with Crippen molar-refractivity contribution in [3.63, 3.8) is 0 Å². The molecule has 2 rings (SSSR count). The molecule has 0 saturated heterocycles. The summed E-state index contributed by atoms with van der Waals surface area (Å²) in [5.41, 5.74) is 6.44. The number of aromatic nitrogens is 3. The fraction of sp³-hybridized carbons (Fsp3) is 0.125.